The number of carbonyl (C=O) groups excluding carboxylic acids is 2. The van der Waals surface area contributed by atoms with Gasteiger partial charge in [-0.1, -0.05) is 36.4 Å². The van der Waals surface area contributed by atoms with Gasteiger partial charge in [0.25, 0.3) is 0 Å². The third-order valence-corrected chi connectivity index (χ3v) is 5.08. The topological polar surface area (TPSA) is 58.6 Å². The van der Waals surface area contributed by atoms with Gasteiger partial charge in [-0.05, 0) is 23.9 Å². The van der Waals surface area contributed by atoms with Crippen LogP contribution >= 0.6 is 11.3 Å². The molecule has 6 heteroatoms. The average Bonchev–Trinajstić information content (AvgIpc) is 3.12. The minimum atomic E-state index is -0.603. The predicted molar refractivity (Wildman–Crippen MR) is 92.5 cm³/mol. The molecule has 1 aliphatic rings. The highest BCUT2D eigenvalue weighted by Crippen LogP contribution is 2.20. The van der Waals surface area contributed by atoms with E-state index in [1.54, 1.807) is 16.2 Å². The van der Waals surface area contributed by atoms with E-state index in [1.165, 1.54) is 0 Å². The normalized spacial score (nSPS) is 19.1. The summed E-state index contributed by atoms with van der Waals surface area (Å²) in [6, 6.07) is 12.9. The first-order chi connectivity index (χ1) is 11.6. The maximum absolute atomic E-state index is 12.7. The summed E-state index contributed by atoms with van der Waals surface area (Å²) in [6.07, 6.45) is 0. The first kappa shape index (κ1) is 16.7. The Bertz CT molecular complexity index is 688. The van der Waals surface area contributed by atoms with E-state index in [9.17, 15) is 9.59 Å². The number of hydrogen-bond acceptors (Lipinski definition) is 4. The molecule has 0 spiro atoms. The zero-order valence-corrected chi connectivity index (χ0v) is 14.3. The molecule has 24 heavy (non-hydrogen) atoms. The van der Waals surface area contributed by atoms with Crippen LogP contribution in [0.15, 0.2) is 47.8 Å². The minimum Gasteiger partial charge on any atom is -0.369 e. The van der Waals surface area contributed by atoms with Crippen LogP contribution in [0.1, 0.15) is 23.4 Å². The fourth-order valence-electron chi connectivity index (χ4n) is 2.72. The number of nitrogens with zero attached hydrogens (tertiary/aromatic N) is 1. The summed E-state index contributed by atoms with van der Waals surface area (Å²) in [5.74, 6) is -0.339. The van der Waals surface area contributed by atoms with Gasteiger partial charge in [-0.3, -0.25) is 9.59 Å². The number of morpholine rings is 1. The Hall–Kier alpha value is -2.18. The first-order valence-corrected chi connectivity index (χ1v) is 8.78. The molecule has 0 radical (unpaired) electrons. The van der Waals surface area contributed by atoms with Crippen LogP contribution in [0, 0.1) is 0 Å². The van der Waals surface area contributed by atoms with E-state index >= 15 is 0 Å². The number of amides is 2. The average molecular weight is 344 g/mol. The van der Waals surface area contributed by atoms with Crippen LogP contribution in [-0.2, 0) is 20.9 Å². The Labute approximate surface area is 145 Å². The SMILES string of the molecule is CC(NC(=O)C1COCC(=O)N1Cc1ccccc1)c1cccs1. The summed E-state index contributed by atoms with van der Waals surface area (Å²) >= 11 is 1.60. The van der Waals surface area contributed by atoms with Gasteiger partial charge in [0, 0.05) is 11.4 Å². The van der Waals surface area contributed by atoms with Crippen molar-refractivity contribution >= 4 is 23.2 Å². The molecule has 5 nitrogen and oxygen atoms in total. The monoisotopic (exact) mass is 344 g/mol. The van der Waals surface area contributed by atoms with E-state index in [4.69, 9.17) is 4.74 Å². The molecule has 0 saturated carbocycles. The molecule has 126 valence electrons. The molecule has 2 amide bonds. The smallest absolute Gasteiger partial charge is 0.249 e. The Morgan fingerprint density at radius 1 is 1.33 bits per heavy atom. The van der Waals surface area contributed by atoms with Gasteiger partial charge in [0.1, 0.15) is 12.6 Å². The second-order valence-electron chi connectivity index (χ2n) is 5.78. The van der Waals surface area contributed by atoms with Crippen LogP contribution in [0.5, 0.6) is 0 Å². The van der Waals surface area contributed by atoms with Gasteiger partial charge < -0.3 is 15.0 Å². The van der Waals surface area contributed by atoms with E-state index in [1.807, 2.05) is 54.8 Å². The molecule has 3 rings (SSSR count). The molecular formula is C18H20N2O3S. The van der Waals surface area contributed by atoms with Crippen molar-refractivity contribution in [2.45, 2.75) is 25.6 Å². The van der Waals surface area contributed by atoms with Crippen LogP contribution in [0.25, 0.3) is 0 Å². The first-order valence-electron chi connectivity index (χ1n) is 7.90. The molecule has 2 atom stereocenters. The summed E-state index contributed by atoms with van der Waals surface area (Å²) in [6.45, 7) is 2.60. The summed E-state index contributed by atoms with van der Waals surface area (Å²) < 4.78 is 5.31. The van der Waals surface area contributed by atoms with Crippen LogP contribution in [-0.4, -0.2) is 36.0 Å². The number of nitrogens with one attached hydrogen (secondary N) is 1. The third kappa shape index (κ3) is 3.83. The highest BCUT2D eigenvalue weighted by atomic mass is 32.1. The van der Waals surface area contributed by atoms with Crippen molar-refractivity contribution < 1.29 is 14.3 Å². The lowest BCUT2D eigenvalue weighted by Crippen LogP contribution is -2.56. The molecule has 0 aliphatic carbocycles. The van der Waals surface area contributed by atoms with E-state index < -0.39 is 6.04 Å². The predicted octanol–water partition coefficient (Wildman–Crippen LogP) is 2.35. The third-order valence-electron chi connectivity index (χ3n) is 4.02. The summed E-state index contributed by atoms with van der Waals surface area (Å²) in [5, 5.41) is 4.97. The Morgan fingerprint density at radius 2 is 2.12 bits per heavy atom. The standard InChI is InChI=1S/C18H20N2O3S/c1-13(16-8-5-9-24-16)19-18(22)15-11-23-12-17(21)20(15)10-14-6-3-2-4-7-14/h2-9,13,15H,10-12H2,1H3,(H,19,22). The molecule has 2 heterocycles. The lowest BCUT2D eigenvalue weighted by atomic mass is 10.1. The van der Waals surface area contributed by atoms with Crippen molar-refractivity contribution in [1.29, 1.82) is 0 Å². The molecule has 1 fully saturated rings. The van der Waals surface area contributed by atoms with E-state index in [0.29, 0.717) is 6.54 Å². The van der Waals surface area contributed by atoms with Gasteiger partial charge in [-0.2, -0.15) is 0 Å². The second kappa shape index (κ2) is 7.59. The second-order valence-corrected chi connectivity index (χ2v) is 6.76. The highest BCUT2D eigenvalue weighted by molar-refractivity contribution is 7.10. The molecule has 2 unspecified atom stereocenters. The van der Waals surface area contributed by atoms with Crippen molar-refractivity contribution in [1.82, 2.24) is 10.2 Å². The van der Waals surface area contributed by atoms with Gasteiger partial charge in [-0.25, -0.2) is 0 Å². The number of rotatable bonds is 5. The highest BCUT2D eigenvalue weighted by Gasteiger charge is 2.34. The Morgan fingerprint density at radius 3 is 2.83 bits per heavy atom. The Balaban J connectivity index is 1.71. The number of ether oxygens (including phenoxy) is 1. The lowest BCUT2D eigenvalue weighted by Gasteiger charge is -2.35. The van der Waals surface area contributed by atoms with Gasteiger partial charge in [-0.15, -0.1) is 11.3 Å². The van der Waals surface area contributed by atoms with Gasteiger partial charge in [0.15, 0.2) is 0 Å². The summed E-state index contributed by atoms with van der Waals surface area (Å²) in [7, 11) is 0. The number of benzene rings is 1. The van der Waals surface area contributed by atoms with Crippen molar-refractivity contribution in [2.75, 3.05) is 13.2 Å². The number of thiophene rings is 1. The molecule has 1 aromatic carbocycles. The van der Waals surface area contributed by atoms with E-state index in [-0.39, 0.29) is 31.1 Å². The van der Waals surface area contributed by atoms with Crippen molar-refractivity contribution in [3.05, 3.63) is 58.3 Å². The van der Waals surface area contributed by atoms with Crippen LogP contribution in [0.4, 0.5) is 0 Å². The summed E-state index contributed by atoms with van der Waals surface area (Å²) in [5.41, 5.74) is 0.997. The quantitative estimate of drug-likeness (QED) is 0.906. The number of carbonyl (C=O) groups is 2. The fourth-order valence-corrected chi connectivity index (χ4v) is 3.45. The zero-order chi connectivity index (χ0) is 16.9. The maximum atomic E-state index is 12.7. The lowest BCUT2D eigenvalue weighted by molar-refractivity contribution is -0.155. The van der Waals surface area contributed by atoms with E-state index in [0.717, 1.165) is 10.4 Å². The van der Waals surface area contributed by atoms with Crippen LogP contribution < -0.4 is 5.32 Å². The largest absolute Gasteiger partial charge is 0.369 e. The molecule has 0 bridgehead atoms. The molecular weight excluding hydrogens is 324 g/mol. The fraction of sp³-hybridized carbons (Fsp3) is 0.333. The number of hydrogen-bond donors (Lipinski definition) is 1. The molecule has 1 saturated heterocycles. The van der Waals surface area contributed by atoms with Gasteiger partial charge in [0.2, 0.25) is 11.8 Å². The van der Waals surface area contributed by atoms with Crippen molar-refractivity contribution in [2.24, 2.45) is 0 Å². The maximum Gasteiger partial charge on any atom is 0.249 e. The van der Waals surface area contributed by atoms with Gasteiger partial charge >= 0.3 is 0 Å². The molecule has 1 aromatic heterocycles. The van der Waals surface area contributed by atoms with Crippen molar-refractivity contribution in [3.8, 4) is 0 Å². The zero-order valence-electron chi connectivity index (χ0n) is 13.5. The minimum absolute atomic E-state index is 0.0249. The van der Waals surface area contributed by atoms with E-state index in [2.05, 4.69) is 5.32 Å². The molecule has 1 N–H and O–H groups in total. The molecule has 1 aliphatic heterocycles. The summed E-state index contributed by atoms with van der Waals surface area (Å²) in [4.78, 5) is 27.6. The van der Waals surface area contributed by atoms with Crippen LogP contribution in [0.2, 0.25) is 0 Å². The molecule has 2 aromatic rings. The van der Waals surface area contributed by atoms with Crippen molar-refractivity contribution in [3.63, 3.8) is 0 Å². The van der Waals surface area contributed by atoms with Crippen LogP contribution in [0.3, 0.4) is 0 Å². The Kier molecular flexibility index (Phi) is 5.27. The van der Waals surface area contributed by atoms with Gasteiger partial charge in [0.05, 0.1) is 12.6 Å².